The second kappa shape index (κ2) is 9.01. The lowest BCUT2D eigenvalue weighted by Crippen LogP contribution is -2.43. The highest BCUT2D eigenvalue weighted by Gasteiger charge is 2.27. The van der Waals surface area contributed by atoms with Gasteiger partial charge in [-0.15, -0.1) is 0 Å². The smallest absolute Gasteiger partial charge is 0.323 e. The SMILES string of the molecule is CC(=O)N(CC(=O)O)C1CCCN(C(=O)CCOCC2CC2)CC1. The van der Waals surface area contributed by atoms with Gasteiger partial charge in [0.15, 0.2) is 0 Å². The molecule has 2 fully saturated rings. The molecule has 0 spiro atoms. The second-order valence-electron chi connectivity index (χ2n) is 6.77. The van der Waals surface area contributed by atoms with E-state index in [0.717, 1.165) is 19.4 Å². The van der Waals surface area contributed by atoms with Crippen molar-refractivity contribution < 1.29 is 24.2 Å². The molecule has 1 atom stereocenters. The van der Waals surface area contributed by atoms with Crippen molar-refractivity contribution in [2.24, 2.45) is 5.92 Å². The van der Waals surface area contributed by atoms with E-state index in [-0.39, 0.29) is 24.4 Å². The van der Waals surface area contributed by atoms with Crippen molar-refractivity contribution in [3.05, 3.63) is 0 Å². The van der Waals surface area contributed by atoms with Crippen LogP contribution < -0.4 is 0 Å². The summed E-state index contributed by atoms with van der Waals surface area (Å²) in [6.45, 7) is 3.58. The van der Waals surface area contributed by atoms with Gasteiger partial charge in [0.2, 0.25) is 11.8 Å². The van der Waals surface area contributed by atoms with Gasteiger partial charge in [0.05, 0.1) is 13.0 Å². The van der Waals surface area contributed by atoms with Gasteiger partial charge in [-0.25, -0.2) is 0 Å². The quantitative estimate of drug-likeness (QED) is 0.669. The van der Waals surface area contributed by atoms with Crippen molar-refractivity contribution in [2.45, 2.75) is 51.5 Å². The van der Waals surface area contributed by atoms with Crippen molar-refractivity contribution in [1.82, 2.24) is 9.80 Å². The summed E-state index contributed by atoms with van der Waals surface area (Å²) < 4.78 is 5.52. The average Bonchev–Trinajstić information content (AvgIpc) is 3.35. The van der Waals surface area contributed by atoms with E-state index < -0.39 is 5.97 Å². The fourth-order valence-corrected chi connectivity index (χ4v) is 3.14. The van der Waals surface area contributed by atoms with E-state index in [1.807, 2.05) is 4.90 Å². The molecule has 1 N–H and O–H groups in total. The van der Waals surface area contributed by atoms with Gasteiger partial charge in [-0.1, -0.05) is 0 Å². The monoisotopic (exact) mass is 340 g/mol. The first kappa shape index (κ1) is 18.7. The normalized spacial score (nSPS) is 21.2. The van der Waals surface area contributed by atoms with Crippen molar-refractivity contribution in [2.75, 3.05) is 32.8 Å². The molecule has 0 aromatic rings. The van der Waals surface area contributed by atoms with E-state index in [1.54, 1.807) is 0 Å². The summed E-state index contributed by atoms with van der Waals surface area (Å²) in [5, 5.41) is 8.97. The average molecular weight is 340 g/mol. The molecule has 7 heteroatoms. The minimum absolute atomic E-state index is 0.0825. The zero-order valence-corrected chi connectivity index (χ0v) is 14.4. The summed E-state index contributed by atoms with van der Waals surface area (Å²) in [6.07, 6.45) is 5.01. The molecule has 7 nitrogen and oxygen atoms in total. The zero-order chi connectivity index (χ0) is 17.5. The van der Waals surface area contributed by atoms with Gasteiger partial charge in [0, 0.05) is 32.7 Å². The Labute approximate surface area is 142 Å². The minimum Gasteiger partial charge on any atom is -0.480 e. The molecule has 1 saturated carbocycles. The fourth-order valence-electron chi connectivity index (χ4n) is 3.14. The predicted octanol–water partition coefficient (Wildman–Crippen LogP) is 1.12. The minimum atomic E-state index is -1.00. The molecule has 136 valence electrons. The van der Waals surface area contributed by atoms with Crippen LogP contribution in [0.3, 0.4) is 0 Å². The van der Waals surface area contributed by atoms with Crippen LogP contribution in [0.1, 0.15) is 45.4 Å². The standard InChI is InChI=1S/C17H28N2O5/c1-13(20)19(11-17(22)23)15-3-2-8-18(9-6-15)16(21)7-10-24-12-14-4-5-14/h14-15H,2-12H2,1H3,(H,22,23). The number of amides is 2. The summed E-state index contributed by atoms with van der Waals surface area (Å²) in [7, 11) is 0. The molecule has 0 aromatic carbocycles. The van der Waals surface area contributed by atoms with E-state index in [9.17, 15) is 14.4 Å². The summed E-state index contributed by atoms with van der Waals surface area (Å²) in [4.78, 5) is 38.1. The van der Waals surface area contributed by atoms with Crippen LogP contribution in [0.25, 0.3) is 0 Å². The van der Waals surface area contributed by atoms with Crippen LogP contribution in [0.15, 0.2) is 0 Å². The molecule has 1 aliphatic carbocycles. The lowest BCUT2D eigenvalue weighted by molar-refractivity contribution is -0.145. The van der Waals surface area contributed by atoms with Gasteiger partial charge < -0.3 is 19.6 Å². The summed E-state index contributed by atoms with van der Waals surface area (Å²) in [6, 6.07) is -0.109. The highest BCUT2D eigenvalue weighted by molar-refractivity contribution is 5.80. The van der Waals surface area contributed by atoms with Gasteiger partial charge in [-0.2, -0.15) is 0 Å². The van der Waals surface area contributed by atoms with E-state index in [0.29, 0.717) is 38.5 Å². The highest BCUT2D eigenvalue weighted by Crippen LogP contribution is 2.28. The Morgan fingerprint density at radius 2 is 1.92 bits per heavy atom. The molecule has 2 amide bonds. The van der Waals surface area contributed by atoms with Crippen LogP contribution in [-0.4, -0.2) is 71.6 Å². The lowest BCUT2D eigenvalue weighted by Gasteiger charge is -2.28. The van der Waals surface area contributed by atoms with Gasteiger partial charge in [0.1, 0.15) is 6.54 Å². The largest absolute Gasteiger partial charge is 0.480 e. The fraction of sp³-hybridized carbons (Fsp3) is 0.824. The molecule has 24 heavy (non-hydrogen) atoms. The number of hydrogen-bond donors (Lipinski definition) is 1. The predicted molar refractivity (Wildman–Crippen MR) is 87.4 cm³/mol. The molecule has 0 bridgehead atoms. The van der Waals surface area contributed by atoms with Crippen LogP contribution in [-0.2, 0) is 19.1 Å². The maximum absolute atomic E-state index is 12.3. The molecular formula is C17H28N2O5. The maximum Gasteiger partial charge on any atom is 0.323 e. The van der Waals surface area contributed by atoms with Gasteiger partial charge in [0.25, 0.3) is 0 Å². The summed E-state index contributed by atoms with van der Waals surface area (Å²) in [5.74, 6) is -0.448. The molecule has 1 aliphatic heterocycles. The van der Waals surface area contributed by atoms with Gasteiger partial charge in [-0.05, 0) is 38.0 Å². The van der Waals surface area contributed by atoms with Crippen molar-refractivity contribution >= 4 is 17.8 Å². The first-order chi connectivity index (χ1) is 11.5. The Hall–Kier alpha value is -1.63. The van der Waals surface area contributed by atoms with Crippen LogP contribution in [0.2, 0.25) is 0 Å². The molecule has 0 aromatic heterocycles. The number of ether oxygens (including phenoxy) is 1. The summed E-state index contributed by atoms with van der Waals surface area (Å²) in [5.41, 5.74) is 0. The number of likely N-dealkylation sites (tertiary alicyclic amines) is 1. The Bertz CT molecular complexity index is 464. The number of carboxylic acids is 1. The Kier molecular flexibility index (Phi) is 7.02. The van der Waals surface area contributed by atoms with E-state index in [1.165, 1.54) is 24.7 Å². The number of hydrogen-bond acceptors (Lipinski definition) is 4. The molecule has 2 aliphatic rings. The second-order valence-corrected chi connectivity index (χ2v) is 6.77. The number of rotatable bonds is 8. The molecule has 1 heterocycles. The maximum atomic E-state index is 12.3. The first-order valence-corrected chi connectivity index (χ1v) is 8.82. The zero-order valence-electron chi connectivity index (χ0n) is 14.4. The first-order valence-electron chi connectivity index (χ1n) is 8.82. The van der Waals surface area contributed by atoms with Gasteiger partial charge in [-0.3, -0.25) is 14.4 Å². The molecule has 1 saturated heterocycles. The van der Waals surface area contributed by atoms with Crippen molar-refractivity contribution in [3.8, 4) is 0 Å². The third-order valence-corrected chi connectivity index (χ3v) is 4.71. The highest BCUT2D eigenvalue weighted by atomic mass is 16.5. The topological polar surface area (TPSA) is 87.2 Å². The van der Waals surface area contributed by atoms with Crippen molar-refractivity contribution in [3.63, 3.8) is 0 Å². The molecule has 0 radical (unpaired) electrons. The van der Waals surface area contributed by atoms with Crippen LogP contribution >= 0.6 is 0 Å². The summed E-state index contributed by atoms with van der Waals surface area (Å²) >= 11 is 0. The Morgan fingerprint density at radius 3 is 2.54 bits per heavy atom. The number of carbonyl (C=O) groups excluding carboxylic acids is 2. The number of nitrogens with zero attached hydrogens (tertiary/aromatic N) is 2. The third kappa shape index (κ3) is 6.11. The number of carbonyl (C=O) groups is 3. The van der Waals surface area contributed by atoms with Crippen LogP contribution in [0.4, 0.5) is 0 Å². The molecule has 1 unspecified atom stereocenters. The van der Waals surface area contributed by atoms with Crippen LogP contribution in [0.5, 0.6) is 0 Å². The van der Waals surface area contributed by atoms with Crippen LogP contribution in [0, 0.1) is 5.92 Å². The van der Waals surface area contributed by atoms with Gasteiger partial charge >= 0.3 is 5.97 Å². The molecule has 2 rings (SSSR count). The number of aliphatic carboxylic acids is 1. The van der Waals surface area contributed by atoms with E-state index in [2.05, 4.69) is 0 Å². The Balaban J connectivity index is 1.76. The third-order valence-electron chi connectivity index (χ3n) is 4.71. The van der Waals surface area contributed by atoms with Crippen molar-refractivity contribution in [1.29, 1.82) is 0 Å². The molecular weight excluding hydrogens is 312 g/mol. The van der Waals surface area contributed by atoms with E-state index in [4.69, 9.17) is 9.84 Å². The lowest BCUT2D eigenvalue weighted by atomic mass is 10.1. The van der Waals surface area contributed by atoms with E-state index >= 15 is 0 Å². The Morgan fingerprint density at radius 1 is 1.17 bits per heavy atom. The number of carboxylic acid groups (broad SMARTS) is 1.